The first-order valence-electron chi connectivity index (χ1n) is 3.00. The van der Waals surface area contributed by atoms with Crippen molar-refractivity contribution in [3.05, 3.63) is 12.7 Å². The Labute approximate surface area is 68.4 Å². The zero-order valence-corrected chi connectivity index (χ0v) is 6.19. The molecule has 6 heteroatoms. The van der Waals surface area contributed by atoms with Gasteiger partial charge in [-0.1, -0.05) is 6.58 Å². The number of rotatable bonds is 4. The Bertz CT molecular complexity index is 190. The number of hydrogen-bond acceptors (Lipinski definition) is 5. The van der Waals surface area contributed by atoms with Gasteiger partial charge in [-0.2, -0.15) is 0 Å². The van der Waals surface area contributed by atoms with Crippen molar-refractivity contribution < 1.29 is 24.5 Å². The average molecular weight is 175 g/mol. The van der Waals surface area contributed by atoms with Crippen molar-refractivity contribution in [2.24, 2.45) is 0 Å². The Morgan fingerprint density at radius 3 is 2.67 bits per heavy atom. The maximum atomic E-state index is 10.5. The van der Waals surface area contributed by atoms with Crippen LogP contribution in [0.4, 0.5) is 0 Å². The Balaban J connectivity index is 3.85. The van der Waals surface area contributed by atoms with Crippen LogP contribution in [0.15, 0.2) is 12.7 Å². The van der Waals surface area contributed by atoms with Crippen LogP contribution in [-0.2, 0) is 14.3 Å². The second kappa shape index (κ2) is 5.28. The molecule has 1 unspecified atom stereocenters. The van der Waals surface area contributed by atoms with Gasteiger partial charge < -0.3 is 20.3 Å². The molecule has 0 bridgehead atoms. The summed E-state index contributed by atoms with van der Waals surface area (Å²) in [5.74, 6) is -1.84. The van der Waals surface area contributed by atoms with Crippen LogP contribution in [0.25, 0.3) is 0 Å². The van der Waals surface area contributed by atoms with Crippen molar-refractivity contribution in [2.75, 3.05) is 6.79 Å². The minimum absolute atomic E-state index is 0.711. The van der Waals surface area contributed by atoms with Crippen LogP contribution < -0.4 is 5.32 Å². The van der Waals surface area contributed by atoms with Gasteiger partial charge in [0, 0.05) is 0 Å². The third-order valence-corrected chi connectivity index (χ3v) is 0.894. The van der Waals surface area contributed by atoms with Gasteiger partial charge in [-0.05, 0) is 6.08 Å². The molecular formula is C6H9NO5. The lowest BCUT2D eigenvalue weighted by Crippen LogP contribution is -2.40. The SMILES string of the molecule is C=CC(=O)NC(O)C(=O)OCO. The number of aliphatic hydroxyl groups is 2. The molecule has 0 spiro atoms. The fourth-order valence-corrected chi connectivity index (χ4v) is 0.395. The summed E-state index contributed by atoms with van der Waals surface area (Å²) >= 11 is 0. The van der Waals surface area contributed by atoms with E-state index < -0.39 is 24.9 Å². The van der Waals surface area contributed by atoms with Gasteiger partial charge in [-0.25, -0.2) is 4.79 Å². The molecule has 0 aromatic rings. The number of esters is 1. The molecule has 12 heavy (non-hydrogen) atoms. The Hall–Kier alpha value is -1.40. The molecule has 0 aromatic heterocycles. The number of carbonyl (C=O) groups is 2. The van der Waals surface area contributed by atoms with E-state index in [0.717, 1.165) is 6.08 Å². The molecule has 0 radical (unpaired) electrons. The summed E-state index contributed by atoms with van der Waals surface area (Å²) in [6, 6.07) is 0. The Morgan fingerprint density at radius 2 is 2.25 bits per heavy atom. The van der Waals surface area contributed by atoms with Crippen molar-refractivity contribution in [2.45, 2.75) is 6.23 Å². The van der Waals surface area contributed by atoms with Gasteiger partial charge in [0.15, 0.2) is 6.79 Å². The lowest BCUT2D eigenvalue weighted by molar-refractivity contribution is -0.164. The van der Waals surface area contributed by atoms with Crippen molar-refractivity contribution >= 4 is 11.9 Å². The predicted molar refractivity (Wildman–Crippen MR) is 37.5 cm³/mol. The van der Waals surface area contributed by atoms with E-state index >= 15 is 0 Å². The van der Waals surface area contributed by atoms with Gasteiger partial charge in [0.2, 0.25) is 12.1 Å². The van der Waals surface area contributed by atoms with Gasteiger partial charge >= 0.3 is 5.97 Å². The van der Waals surface area contributed by atoms with Crippen LogP contribution in [0.5, 0.6) is 0 Å². The Morgan fingerprint density at radius 1 is 1.67 bits per heavy atom. The summed E-state index contributed by atoms with van der Waals surface area (Å²) < 4.78 is 3.97. The molecule has 0 aromatic carbocycles. The van der Waals surface area contributed by atoms with Gasteiger partial charge in [0.1, 0.15) is 0 Å². The highest BCUT2D eigenvalue weighted by Crippen LogP contribution is 1.83. The third kappa shape index (κ3) is 3.69. The molecule has 0 aliphatic carbocycles. The number of ether oxygens (including phenoxy) is 1. The summed E-state index contributed by atoms with van der Waals surface area (Å²) in [5, 5.41) is 18.7. The third-order valence-electron chi connectivity index (χ3n) is 0.894. The molecule has 3 N–H and O–H groups in total. The molecule has 0 saturated carbocycles. The summed E-state index contributed by atoms with van der Waals surface area (Å²) in [6.07, 6.45) is -0.891. The minimum atomic E-state index is -1.78. The summed E-state index contributed by atoms with van der Waals surface area (Å²) in [7, 11) is 0. The molecule has 0 saturated heterocycles. The molecule has 0 fully saturated rings. The molecule has 1 amide bonds. The van der Waals surface area contributed by atoms with E-state index in [1.165, 1.54) is 0 Å². The second-order valence-corrected chi connectivity index (χ2v) is 1.71. The fraction of sp³-hybridized carbons (Fsp3) is 0.333. The first kappa shape index (κ1) is 10.6. The number of amides is 1. The van der Waals surface area contributed by atoms with Gasteiger partial charge in [0.05, 0.1) is 0 Å². The van der Waals surface area contributed by atoms with Crippen LogP contribution in [0.2, 0.25) is 0 Å². The summed E-state index contributed by atoms with van der Waals surface area (Å²) in [6.45, 7) is 2.25. The zero-order valence-electron chi connectivity index (χ0n) is 6.19. The van der Waals surface area contributed by atoms with Crippen LogP contribution in [0.1, 0.15) is 0 Å². The highest BCUT2D eigenvalue weighted by atomic mass is 16.6. The minimum Gasteiger partial charge on any atom is -0.435 e. The highest BCUT2D eigenvalue weighted by molar-refractivity contribution is 5.90. The Kier molecular flexibility index (Phi) is 4.66. The van der Waals surface area contributed by atoms with Crippen LogP contribution >= 0.6 is 0 Å². The highest BCUT2D eigenvalue weighted by Gasteiger charge is 2.16. The summed E-state index contributed by atoms with van der Waals surface area (Å²) in [4.78, 5) is 21.0. The van der Waals surface area contributed by atoms with Crippen LogP contribution in [0.3, 0.4) is 0 Å². The van der Waals surface area contributed by atoms with Gasteiger partial charge in [-0.15, -0.1) is 0 Å². The number of carbonyl (C=O) groups excluding carboxylic acids is 2. The molecule has 0 aliphatic rings. The van der Waals surface area contributed by atoms with E-state index in [9.17, 15) is 9.59 Å². The van der Waals surface area contributed by atoms with E-state index in [1.807, 2.05) is 5.32 Å². The largest absolute Gasteiger partial charge is 0.435 e. The molecule has 6 nitrogen and oxygen atoms in total. The molecule has 0 aliphatic heterocycles. The average Bonchev–Trinajstić information content (AvgIpc) is 2.04. The van der Waals surface area contributed by atoms with E-state index in [4.69, 9.17) is 10.2 Å². The molecule has 0 rings (SSSR count). The predicted octanol–water partition coefficient (Wildman–Crippen LogP) is -1.90. The fourth-order valence-electron chi connectivity index (χ4n) is 0.395. The molecule has 0 heterocycles. The summed E-state index contributed by atoms with van der Waals surface area (Å²) in [5.41, 5.74) is 0. The van der Waals surface area contributed by atoms with E-state index in [-0.39, 0.29) is 0 Å². The van der Waals surface area contributed by atoms with Crippen molar-refractivity contribution in [3.8, 4) is 0 Å². The van der Waals surface area contributed by atoms with Crippen molar-refractivity contribution in [1.29, 1.82) is 0 Å². The number of aliphatic hydroxyl groups excluding tert-OH is 2. The number of nitrogens with one attached hydrogen (secondary N) is 1. The van der Waals surface area contributed by atoms with Crippen LogP contribution in [0, 0.1) is 0 Å². The van der Waals surface area contributed by atoms with Crippen molar-refractivity contribution in [1.82, 2.24) is 5.32 Å². The molecule has 1 atom stereocenters. The van der Waals surface area contributed by atoms with Crippen molar-refractivity contribution in [3.63, 3.8) is 0 Å². The molecule has 68 valence electrons. The second-order valence-electron chi connectivity index (χ2n) is 1.71. The smallest absolute Gasteiger partial charge is 0.358 e. The molecular weight excluding hydrogens is 166 g/mol. The first-order valence-corrected chi connectivity index (χ1v) is 3.00. The van der Waals surface area contributed by atoms with Gasteiger partial charge in [-0.3, -0.25) is 4.79 Å². The van der Waals surface area contributed by atoms with E-state index in [0.29, 0.717) is 0 Å². The van der Waals surface area contributed by atoms with E-state index in [2.05, 4.69) is 11.3 Å². The maximum Gasteiger partial charge on any atom is 0.358 e. The monoisotopic (exact) mass is 175 g/mol. The standard InChI is InChI=1S/C6H9NO5/c1-2-4(9)7-5(10)6(11)12-3-8/h2,5,8,10H,1,3H2,(H,7,9). The van der Waals surface area contributed by atoms with Crippen LogP contribution in [-0.4, -0.2) is 35.1 Å². The normalized spacial score (nSPS) is 11.5. The topological polar surface area (TPSA) is 95.9 Å². The van der Waals surface area contributed by atoms with Gasteiger partial charge in [0.25, 0.3) is 0 Å². The lowest BCUT2D eigenvalue weighted by atomic mass is 10.5. The maximum absolute atomic E-state index is 10.5. The quantitative estimate of drug-likeness (QED) is 0.263. The first-order chi connectivity index (χ1) is 5.61. The zero-order chi connectivity index (χ0) is 9.56. The lowest BCUT2D eigenvalue weighted by Gasteiger charge is -2.08. The number of hydrogen-bond donors (Lipinski definition) is 3. The van der Waals surface area contributed by atoms with E-state index in [1.54, 1.807) is 0 Å².